The van der Waals surface area contributed by atoms with E-state index in [0.717, 1.165) is 40.1 Å². The molecule has 188 valence electrons. The predicted octanol–water partition coefficient (Wildman–Crippen LogP) is 5.19. The van der Waals surface area contributed by atoms with Crippen molar-refractivity contribution in [2.75, 3.05) is 11.9 Å². The number of thiazole rings is 1. The molecule has 2 aliphatic rings. The predicted molar refractivity (Wildman–Crippen MR) is 139 cm³/mol. The van der Waals surface area contributed by atoms with Crippen LogP contribution in [-0.2, 0) is 12.6 Å². The van der Waals surface area contributed by atoms with E-state index in [1.165, 1.54) is 23.5 Å². The number of nitrogens with one attached hydrogen (secondary N) is 1. The van der Waals surface area contributed by atoms with Gasteiger partial charge in [0.1, 0.15) is 11.3 Å². The van der Waals surface area contributed by atoms with Crippen LogP contribution in [0.25, 0.3) is 5.57 Å². The van der Waals surface area contributed by atoms with Gasteiger partial charge in [-0.2, -0.15) is 13.2 Å². The molecule has 0 spiro atoms. The van der Waals surface area contributed by atoms with Crippen molar-refractivity contribution in [2.24, 2.45) is 16.6 Å². The normalized spacial score (nSPS) is 18.0. The first-order chi connectivity index (χ1) is 17.0. The first-order valence-corrected chi connectivity index (χ1v) is 12.3. The number of allylic oxidation sites excluding steroid dienone is 5. The van der Waals surface area contributed by atoms with E-state index in [2.05, 4.69) is 45.4 Å². The Labute approximate surface area is 212 Å². The molecule has 1 unspecified atom stereocenters. The van der Waals surface area contributed by atoms with Gasteiger partial charge in [-0.1, -0.05) is 47.6 Å². The summed E-state index contributed by atoms with van der Waals surface area (Å²) in [5, 5.41) is 14.0. The Morgan fingerprint density at radius 1 is 1.22 bits per heavy atom. The molecule has 0 saturated heterocycles. The van der Waals surface area contributed by atoms with E-state index in [4.69, 9.17) is 5.73 Å². The summed E-state index contributed by atoms with van der Waals surface area (Å²) >= 11 is 1.47. The number of hydrogen-bond donors (Lipinski definition) is 3. The van der Waals surface area contributed by atoms with Crippen molar-refractivity contribution in [3.05, 3.63) is 76.0 Å². The summed E-state index contributed by atoms with van der Waals surface area (Å²) in [6.07, 6.45) is 6.70. The molecule has 1 aromatic heterocycles. The van der Waals surface area contributed by atoms with Crippen molar-refractivity contribution < 1.29 is 18.3 Å². The van der Waals surface area contributed by atoms with Crippen LogP contribution >= 0.6 is 11.3 Å². The van der Waals surface area contributed by atoms with Crippen molar-refractivity contribution >= 4 is 28.3 Å². The molecule has 1 aliphatic carbocycles. The van der Waals surface area contributed by atoms with Crippen LogP contribution in [0.15, 0.2) is 59.3 Å². The number of aliphatic imine (C=N–C) groups is 1. The highest BCUT2D eigenvalue weighted by Gasteiger charge is 2.30. The molecular weight excluding hydrogens is 485 g/mol. The molecule has 1 aliphatic heterocycles. The zero-order valence-electron chi connectivity index (χ0n) is 19.9. The number of fused-ring (bicyclic) bond motifs is 1. The maximum Gasteiger partial charge on any atom is 0.416 e. The van der Waals surface area contributed by atoms with Crippen LogP contribution in [0.1, 0.15) is 42.0 Å². The average Bonchev–Trinajstić information content (AvgIpc) is 3.24. The lowest BCUT2D eigenvalue weighted by molar-refractivity contribution is -0.137. The molecule has 4 rings (SSSR count). The van der Waals surface area contributed by atoms with E-state index >= 15 is 0 Å². The molecule has 2 aromatic rings. The first kappa shape index (κ1) is 25.9. The fourth-order valence-corrected chi connectivity index (χ4v) is 4.81. The van der Waals surface area contributed by atoms with Crippen molar-refractivity contribution in [2.45, 2.75) is 44.5 Å². The van der Waals surface area contributed by atoms with E-state index in [9.17, 15) is 18.3 Å². The van der Waals surface area contributed by atoms with Crippen LogP contribution in [0.2, 0.25) is 0 Å². The summed E-state index contributed by atoms with van der Waals surface area (Å²) in [5.41, 5.74) is 7.98. The van der Waals surface area contributed by atoms with Crippen molar-refractivity contribution in [1.82, 2.24) is 4.98 Å². The van der Waals surface area contributed by atoms with Crippen LogP contribution in [0.5, 0.6) is 0 Å². The number of aliphatic hydroxyl groups is 1. The Bertz CT molecular complexity index is 1290. The van der Waals surface area contributed by atoms with E-state index in [1.54, 1.807) is 20.0 Å². The minimum Gasteiger partial charge on any atom is -0.378 e. The molecule has 0 saturated carbocycles. The number of nitrogens with zero attached hydrogens (tertiary/aromatic N) is 2. The third kappa shape index (κ3) is 6.72. The monoisotopic (exact) mass is 512 g/mol. The molecule has 36 heavy (non-hydrogen) atoms. The Hall–Kier alpha value is -3.19. The second-order valence-corrected chi connectivity index (χ2v) is 10.3. The highest BCUT2D eigenvalue weighted by atomic mass is 32.1. The maximum atomic E-state index is 12.8. The zero-order valence-corrected chi connectivity index (χ0v) is 20.7. The van der Waals surface area contributed by atoms with Crippen LogP contribution < -0.4 is 11.1 Å². The fraction of sp³-hybridized carbons (Fsp3) is 0.333. The van der Waals surface area contributed by atoms with Crippen molar-refractivity contribution in [1.29, 1.82) is 0 Å². The minimum absolute atomic E-state index is 0.244. The van der Waals surface area contributed by atoms with E-state index in [0.29, 0.717) is 23.8 Å². The lowest BCUT2D eigenvalue weighted by Crippen LogP contribution is -2.31. The second-order valence-electron chi connectivity index (χ2n) is 9.33. The van der Waals surface area contributed by atoms with Gasteiger partial charge < -0.3 is 16.2 Å². The summed E-state index contributed by atoms with van der Waals surface area (Å²) in [6.45, 7) is 3.62. The van der Waals surface area contributed by atoms with Gasteiger partial charge >= 0.3 is 6.18 Å². The Balaban J connectivity index is 1.48. The van der Waals surface area contributed by atoms with Gasteiger partial charge in [0.25, 0.3) is 0 Å². The van der Waals surface area contributed by atoms with E-state index < -0.39 is 17.3 Å². The number of halogens is 3. The molecule has 4 N–H and O–H groups in total. The van der Waals surface area contributed by atoms with Crippen LogP contribution in [0.3, 0.4) is 0 Å². The second kappa shape index (κ2) is 10.4. The summed E-state index contributed by atoms with van der Waals surface area (Å²) in [7, 11) is 0. The molecular formula is C27H27F3N4OS. The van der Waals surface area contributed by atoms with Crippen LogP contribution in [-0.4, -0.2) is 34.5 Å². The summed E-state index contributed by atoms with van der Waals surface area (Å²) < 4.78 is 38.3. The number of benzene rings is 1. The molecule has 2 atom stereocenters. The van der Waals surface area contributed by atoms with Crippen molar-refractivity contribution in [3.8, 4) is 11.8 Å². The molecule has 9 heteroatoms. The van der Waals surface area contributed by atoms with Gasteiger partial charge in [-0.15, -0.1) is 0 Å². The molecule has 0 amide bonds. The Morgan fingerprint density at radius 3 is 2.67 bits per heavy atom. The highest BCUT2D eigenvalue weighted by molar-refractivity contribution is 7.16. The molecule has 0 fully saturated rings. The first-order valence-electron chi connectivity index (χ1n) is 11.5. The minimum atomic E-state index is -4.36. The SMILES string of the molecule is CC(C)(O)C#Cc1nc(NC[C@@H](N)Cc2ccc(C(F)(F)F)cc2)sc1C1=CC=C2C=NC=CC2C1. The molecule has 2 heterocycles. The van der Waals surface area contributed by atoms with Gasteiger partial charge in [-0.05, 0) is 61.5 Å². The van der Waals surface area contributed by atoms with Gasteiger partial charge in [-0.3, -0.25) is 4.99 Å². The van der Waals surface area contributed by atoms with E-state index in [-0.39, 0.29) is 12.0 Å². The van der Waals surface area contributed by atoms with Crippen LogP contribution in [0.4, 0.5) is 18.3 Å². The average molecular weight is 513 g/mol. The van der Waals surface area contributed by atoms with Crippen LogP contribution in [0, 0.1) is 17.8 Å². The van der Waals surface area contributed by atoms with Gasteiger partial charge in [-0.25, -0.2) is 4.98 Å². The lowest BCUT2D eigenvalue weighted by Gasteiger charge is -2.21. The molecule has 0 bridgehead atoms. The fourth-order valence-electron chi connectivity index (χ4n) is 3.85. The highest BCUT2D eigenvalue weighted by Crippen LogP contribution is 2.38. The quantitative estimate of drug-likeness (QED) is 0.465. The third-order valence-electron chi connectivity index (χ3n) is 5.67. The number of aromatic nitrogens is 1. The van der Waals surface area contributed by atoms with E-state index in [1.807, 2.05) is 6.21 Å². The third-order valence-corrected chi connectivity index (χ3v) is 6.76. The molecule has 0 radical (unpaired) electrons. The van der Waals surface area contributed by atoms with Gasteiger partial charge in [0.05, 0.1) is 10.4 Å². The summed E-state index contributed by atoms with van der Waals surface area (Å²) in [5.74, 6) is 6.10. The number of alkyl halides is 3. The lowest BCUT2D eigenvalue weighted by atomic mass is 9.86. The largest absolute Gasteiger partial charge is 0.416 e. The van der Waals surface area contributed by atoms with Gasteiger partial charge in [0.2, 0.25) is 0 Å². The number of rotatable bonds is 6. The maximum absolute atomic E-state index is 12.8. The van der Waals surface area contributed by atoms with Gasteiger partial charge in [0.15, 0.2) is 5.13 Å². The summed E-state index contributed by atoms with van der Waals surface area (Å²) in [6, 6.07) is 4.72. The number of anilines is 1. The molecule has 1 aromatic carbocycles. The smallest absolute Gasteiger partial charge is 0.378 e. The van der Waals surface area contributed by atoms with Gasteiger partial charge in [0, 0.05) is 30.9 Å². The standard InChI is InChI=1S/C27H27F3N4OS/c1-26(2,35)11-9-23-24(19-5-6-20-15-32-12-10-18(20)14-19)36-25(34-23)33-16-22(31)13-17-3-7-21(8-4-17)27(28,29)30/h3-8,10,12,15,18,22,35H,13-14,16,31H2,1-2H3,(H,33,34)/t18?,22-/m0/s1. The summed E-state index contributed by atoms with van der Waals surface area (Å²) in [4.78, 5) is 9.76. The zero-order chi connectivity index (χ0) is 25.9. The topological polar surface area (TPSA) is 83.5 Å². The Kier molecular flexibility index (Phi) is 7.50. The molecule has 5 nitrogen and oxygen atoms in total. The number of nitrogens with two attached hydrogens (primary N) is 1. The number of hydrogen-bond acceptors (Lipinski definition) is 6. The Morgan fingerprint density at radius 2 is 1.97 bits per heavy atom. The van der Waals surface area contributed by atoms with Crippen molar-refractivity contribution in [3.63, 3.8) is 0 Å².